The summed E-state index contributed by atoms with van der Waals surface area (Å²) in [5.74, 6) is 0.225. The minimum absolute atomic E-state index is 0.225. The van der Waals surface area contributed by atoms with Crippen LogP contribution in [0.4, 0.5) is 0 Å². The van der Waals surface area contributed by atoms with Crippen LogP contribution in [0.1, 0.15) is 24.0 Å². The highest BCUT2D eigenvalue weighted by atomic mass is 16.1. The van der Waals surface area contributed by atoms with Crippen molar-refractivity contribution in [2.45, 2.75) is 18.3 Å². The van der Waals surface area contributed by atoms with Crippen molar-refractivity contribution in [2.75, 3.05) is 0 Å². The quantitative estimate of drug-likeness (QED) is 0.747. The summed E-state index contributed by atoms with van der Waals surface area (Å²) in [6.45, 7) is 0. The van der Waals surface area contributed by atoms with E-state index in [1.165, 1.54) is 0 Å². The van der Waals surface area contributed by atoms with Crippen molar-refractivity contribution in [3.8, 4) is 0 Å². The van der Waals surface area contributed by atoms with Gasteiger partial charge in [-0.15, -0.1) is 0 Å². The van der Waals surface area contributed by atoms with Crippen LogP contribution >= 0.6 is 0 Å². The summed E-state index contributed by atoms with van der Waals surface area (Å²) in [5, 5.41) is 0. The molecule has 1 aliphatic rings. The number of hydrogen-bond acceptors (Lipinski definition) is 1. The van der Waals surface area contributed by atoms with Crippen LogP contribution < -0.4 is 0 Å². The van der Waals surface area contributed by atoms with Gasteiger partial charge < -0.3 is 0 Å². The lowest BCUT2D eigenvalue weighted by molar-refractivity contribution is -0.116. The average molecular weight is 248 g/mol. The summed E-state index contributed by atoms with van der Waals surface area (Å²) in [6, 6.07) is 20.1. The van der Waals surface area contributed by atoms with Gasteiger partial charge in [0.1, 0.15) is 0 Å². The fourth-order valence-corrected chi connectivity index (χ4v) is 2.46. The smallest absolute Gasteiger partial charge is 0.166 e. The Kier molecular flexibility index (Phi) is 3.04. The van der Waals surface area contributed by atoms with Gasteiger partial charge in [0, 0.05) is 0 Å². The van der Waals surface area contributed by atoms with E-state index in [4.69, 9.17) is 0 Å². The summed E-state index contributed by atoms with van der Waals surface area (Å²) in [4.78, 5) is 12.4. The standard InChI is InChI=1S/C18H16O/c19-17(12-11-15-7-3-1-4-8-15)18(13-14-18)16-9-5-2-6-10-16/h1-12H,13-14H2. The second-order valence-corrected chi connectivity index (χ2v) is 5.06. The summed E-state index contributed by atoms with van der Waals surface area (Å²) < 4.78 is 0. The molecular weight excluding hydrogens is 232 g/mol. The van der Waals surface area contributed by atoms with E-state index >= 15 is 0 Å². The predicted molar refractivity (Wildman–Crippen MR) is 77.8 cm³/mol. The van der Waals surface area contributed by atoms with Gasteiger partial charge in [-0.1, -0.05) is 66.7 Å². The molecule has 1 saturated carbocycles. The van der Waals surface area contributed by atoms with Crippen molar-refractivity contribution in [3.63, 3.8) is 0 Å². The Morgan fingerprint density at radius 2 is 1.47 bits per heavy atom. The number of carbonyl (C=O) groups excluding carboxylic acids is 1. The van der Waals surface area contributed by atoms with Crippen LogP contribution in [0.2, 0.25) is 0 Å². The van der Waals surface area contributed by atoms with Crippen LogP contribution in [0.15, 0.2) is 66.7 Å². The van der Waals surface area contributed by atoms with Crippen molar-refractivity contribution in [3.05, 3.63) is 77.9 Å². The van der Waals surface area contributed by atoms with Crippen LogP contribution in [-0.2, 0) is 10.2 Å². The van der Waals surface area contributed by atoms with Crippen LogP contribution in [0, 0.1) is 0 Å². The van der Waals surface area contributed by atoms with Crippen molar-refractivity contribution < 1.29 is 4.79 Å². The third-order valence-electron chi connectivity index (χ3n) is 3.77. The Hall–Kier alpha value is -2.15. The van der Waals surface area contributed by atoms with E-state index < -0.39 is 0 Å². The van der Waals surface area contributed by atoms with E-state index in [0.717, 1.165) is 24.0 Å². The molecule has 1 aliphatic carbocycles. The molecule has 2 aromatic carbocycles. The van der Waals surface area contributed by atoms with Gasteiger partial charge in [-0.3, -0.25) is 4.79 Å². The normalized spacial score (nSPS) is 16.4. The lowest BCUT2D eigenvalue weighted by Gasteiger charge is -2.11. The Balaban J connectivity index is 1.80. The molecule has 0 radical (unpaired) electrons. The molecular formula is C18H16O. The molecule has 0 unspecified atom stereocenters. The van der Waals surface area contributed by atoms with Crippen LogP contribution in [0.3, 0.4) is 0 Å². The van der Waals surface area contributed by atoms with E-state index in [-0.39, 0.29) is 11.2 Å². The summed E-state index contributed by atoms with van der Waals surface area (Å²) in [5.41, 5.74) is 1.98. The first-order valence-electron chi connectivity index (χ1n) is 6.64. The molecule has 19 heavy (non-hydrogen) atoms. The molecule has 94 valence electrons. The van der Waals surface area contributed by atoms with Gasteiger partial charge in [0.2, 0.25) is 0 Å². The van der Waals surface area contributed by atoms with Crippen LogP contribution in [0.5, 0.6) is 0 Å². The number of allylic oxidation sites excluding steroid dienone is 1. The fourth-order valence-electron chi connectivity index (χ4n) is 2.46. The van der Waals surface area contributed by atoms with Gasteiger partial charge >= 0.3 is 0 Å². The zero-order chi connectivity index (χ0) is 13.1. The highest BCUT2D eigenvalue weighted by molar-refractivity contribution is 6.03. The van der Waals surface area contributed by atoms with E-state index in [9.17, 15) is 4.79 Å². The van der Waals surface area contributed by atoms with Crippen molar-refractivity contribution in [2.24, 2.45) is 0 Å². The lowest BCUT2D eigenvalue weighted by Crippen LogP contribution is -2.17. The summed E-state index contributed by atoms with van der Waals surface area (Å²) in [6.07, 6.45) is 5.57. The third-order valence-corrected chi connectivity index (χ3v) is 3.77. The second-order valence-electron chi connectivity index (χ2n) is 5.06. The molecule has 0 aromatic heterocycles. The zero-order valence-corrected chi connectivity index (χ0v) is 10.8. The maximum absolute atomic E-state index is 12.4. The van der Waals surface area contributed by atoms with Gasteiger partial charge in [-0.25, -0.2) is 0 Å². The molecule has 0 spiro atoms. The Morgan fingerprint density at radius 1 is 0.895 bits per heavy atom. The SMILES string of the molecule is O=C(C=Cc1ccccc1)C1(c2ccccc2)CC1. The average Bonchev–Trinajstić information content (AvgIpc) is 3.28. The van der Waals surface area contributed by atoms with Crippen molar-refractivity contribution in [1.82, 2.24) is 0 Å². The van der Waals surface area contributed by atoms with E-state index in [1.54, 1.807) is 6.08 Å². The van der Waals surface area contributed by atoms with Crippen LogP contribution in [0.25, 0.3) is 6.08 Å². The Labute approximate surface area is 113 Å². The number of benzene rings is 2. The summed E-state index contributed by atoms with van der Waals surface area (Å²) in [7, 11) is 0. The molecule has 2 aromatic rings. The molecule has 0 N–H and O–H groups in total. The lowest BCUT2D eigenvalue weighted by atomic mass is 9.91. The Bertz CT molecular complexity index is 592. The first kappa shape index (κ1) is 11.9. The van der Waals surface area contributed by atoms with Crippen molar-refractivity contribution in [1.29, 1.82) is 0 Å². The van der Waals surface area contributed by atoms with Gasteiger partial charge in [0.25, 0.3) is 0 Å². The second kappa shape index (κ2) is 4.85. The summed E-state index contributed by atoms with van der Waals surface area (Å²) >= 11 is 0. The molecule has 0 aliphatic heterocycles. The van der Waals surface area contributed by atoms with Crippen LogP contribution in [-0.4, -0.2) is 5.78 Å². The predicted octanol–water partition coefficient (Wildman–Crippen LogP) is 4.00. The van der Waals surface area contributed by atoms with Gasteiger partial charge in [0.05, 0.1) is 5.41 Å². The van der Waals surface area contributed by atoms with E-state index in [1.807, 2.05) is 54.6 Å². The first-order valence-corrected chi connectivity index (χ1v) is 6.64. The zero-order valence-electron chi connectivity index (χ0n) is 10.8. The first-order chi connectivity index (χ1) is 9.31. The largest absolute Gasteiger partial charge is 0.294 e. The maximum atomic E-state index is 12.4. The number of rotatable bonds is 4. The van der Waals surface area contributed by atoms with Gasteiger partial charge in [0.15, 0.2) is 5.78 Å². The molecule has 1 fully saturated rings. The van der Waals surface area contributed by atoms with Gasteiger partial charge in [-0.05, 0) is 30.0 Å². The number of carbonyl (C=O) groups is 1. The minimum Gasteiger partial charge on any atom is -0.294 e. The van der Waals surface area contributed by atoms with E-state index in [2.05, 4.69) is 12.1 Å². The fraction of sp³-hybridized carbons (Fsp3) is 0.167. The molecule has 0 saturated heterocycles. The van der Waals surface area contributed by atoms with Crippen molar-refractivity contribution >= 4 is 11.9 Å². The molecule has 0 bridgehead atoms. The Morgan fingerprint density at radius 3 is 2.05 bits per heavy atom. The van der Waals surface area contributed by atoms with E-state index in [0.29, 0.717) is 0 Å². The minimum atomic E-state index is -0.244. The third kappa shape index (κ3) is 2.37. The molecule has 0 amide bonds. The maximum Gasteiger partial charge on any atom is 0.166 e. The molecule has 0 heterocycles. The topological polar surface area (TPSA) is 17.1 Å². The molecule has 1 heteroatoms. The highest BCUT2D eigenvalue weighted by Gasteiger charge is 2.49. The number of hydrogen-bond donors (Lipinski definition) is 0. The molecule has 1 nitrogen and oxygen atoms in total. The number of ketones is 1. The molecule has 0 atom stereocenters. The highest BCUT2D eigenvalue weighted by Crippen LogP contribution is 2.49. The molecule has 3 rings (SSSR count). The van der Waals surface area contributed by atoms with Gasteiger partial charge in [-0.2, -0.15) is 0 Å². The monoisotopic (exact) mass is 248 g/mol.